The summed E-state index contributed by atoms with van der Waals surface area (Å²) in [7, 11) is 0. The van der Waals surface area contributed by atoms with Gasteiger partial charge in [0, 0.05) is 6.04 Å². The van der Waals surface area contributed by atoms with Crippen molar-refractivity contribution in [3.63, 3.8) is 0 Å². The fourth-order valence-corrected chi connectivity index (χ4v) is 1.81. The second kappa shape index (κ2) is 3.75. The minimum Gasteiger partial charge on any atom is -0.358 e. The van der Waals surface area contributed by atoms with Crippen molar-refractivity contribution < 1.29 is 4.92 Å². The van der Waals surface area contributed by atoms with Gasteiger partial charge in [-0.3, -0.25) is 0 Å². The third kappa shape index (κ3) is 1.74. The summed E-state index contributed by atoms with van der Waals surface area (Å²) in [5, 5.41) is 20.0. The lowest BCUT2D eigenvalue weighted by Crippen LogP contribution is -2.23. The molecule has 14 heavy (non-hydrogen) atoms. The molecule has 1 unspecified atom stereocenters. The van der Waals surface area contributed by atoms with E-state index < -0.39 is 4.92 Å². The number of nitro groups is 1. The number of H-pyrrole nitrogens is 1. The van der Waals surface area contributed by atoms with Gasteiger partial charge in [-0.2, -0.15) is 0 Å². The average molecular weight is 196 g/mol. The van der Waals surface area contributed by atoms with Crippen LogP contribution in [0.3, 0.4) is 0 Å². The van der Waals surface area contributed by atoms with Crippen LogP contribution in [-0.2, 0) is 6.42 Å². The van der Waals surface area contributed by atoms with Crippen molar-refractivity contribution >= 4 is 5.82 Å². The van der Waals surface area contributed by atoms with Crippen molar-refractivity contribution in [3.8, 4) is 0 Å². The molecule has 2 heterocycles. The molecule has 1 aromatic rings. The maximum absolute atomic E-state index is 10.6. The van der Waals surface area contributed by atoms with Gasteiger partial charge in [0.2, 0.25) is 0 Å². The van der Waals surface area contributed by atoms with Crippen molar-refractivity contribution in [2.45, 2.75) is 25.3 Å². The first kappa shape index (κ1) is 9.14. The number of nitrogens with one attached hydrogen (secondary N) is 2. The molecule has 6 heteroatoms. The topological polar surface area (TPSA) is 83.8 Å². The van der Waals surface area contributed by atoms with Crippen LogP contribution < -0.4 is 5.32 Å². The zero-order valence-corrected chi connectivity index (χ0v) is 7.69. The van der Waals surface area contributed by atoms with Gasteiger partial charge in [0.05, 0.1) is 11.8 Å². The second-order valence-electron chi connectivity index (χ2n) is 3.50. The third-order valence-corrected chi connectivity index (χ3v) is 2.51. The molecule has 1 aliphatic heterocycles. The Balaban J connectivity index is 2.07. The molecule has 0 radical (unpaired) electrons. The maximum Gasteiger partial charge on any atom is 0.345 e. The lowest BCUT2D eigenvalue weighted by Gasteiger charge is -2.07. The van der Waals surface area contributed by atoms with E-state index in [9.17, 15) is 10.1 Å². The number of aromatic nitrogens is 2. The molecule has 0 saturated carbocycles. The molecule has 2 N–H and O–H groups in total. The minimum absolute atomic E-state index is 0.0266. The Kier molecular flexibility index (Phi) is 2.45. The fourth-order valence-electron chi connectivity index (χ4n) is 1.81. The molecule has 1 atom stereocenters. The van der Waals surface area contributed by atoms with Gasteiger partial charge in [-0.25, -0.2) is 0 Å². The first-order chi connectivity index (χ1) is 6.77. The van der Waals surface area contributed by atoms with Crippen LogP contribution in [0.25, 0.3) is 0 Å². The van der Waals surface area contributed by atoms with Crippen LogP contribution in [0.4, 0.5) is 5.82 Å². The van der Waals surface area contributed by atoms with Gasteiger partial charge in [0.25, 0.3) is 0 Å². The molecule has 0 aromatic carbocycles. The van der Waals surface area contributed by atoms with E-state index in [2.05, 4.69) is 15.5 Å². The molecular weight excluding hydrogens is 184 g/mol. The lowest BCUT2D eigenvalue weighted by molar-refractivity contribution is -0.390. The van der Waals surface area contributed by atoms with E-state index in [4.69, 9.17) is 0 Å². The Bertz CT molecular complexity index is 330. The molecule has 2 rings (SSSR count). The smallest absolute Gasteiger partial charge is 0.345 e. The summed E-state index contributed by atoms with van der Waals surface area (Å²) in [4.78, 5) is 10.2. The van der Waals surface area contributed by atoms with Crippen molar-refractivity contribution in [3.05, 3.63) is 21.9 Å². The summed E-state index contributed by atoms with van der Waals surface area (Å²) in [6.45, 7) is 1.01. The zero-order chi connectivity index (χ0) is 9.97. The van der Waals surface area contributed by atoms with Crippen molar-refractivity contribution in [1.29, 1.82) is 0 Å². The molecule has 0 spiro atoms. The minimum atomic E-state index is -0.419. The number of nitrogens with zero attached hydrogens (tertiary/aromatic N) is 2. The maximum atomic E-state index is 10.6. The van der Waals surface area contributed by atoms with Crippen LogP contribution in [0.15, 0.2) is 6.20 Å². The normalized spacial score (nSPS) is 21.3. The fraction of sp³-hybridized carbons (Fsp3) is 0.625. The van der Waals surface area contributed by atoms with Gasteiger partial charge in [0.1, 0.15) is 0 Å². The third-order valence-electron chi connectivity index (χ3n) is 2.51. The second-order valence-corrected chi connectivity index (χ2v) is 3.50. The molecule has 0 bridgehead atoms. The van der Waals surface area contributed by atoms with Gasteiger partial charge in [-0.1, -0.05) is 5.10 Å². The Morgan fingerprint density at radius 1 is 1.71 bits per heavy atom. The molecule has 0 aliphatic carbocycles. The van der Waals surface area contributed by atoms with E-state index in [1.807, 2.05) is 0 Å². The van der Waals surface area contributed by atoms with Crippen LogP contribution in [0, 0.1) is 10.1 Å². The van der Waals surface area contributed by atoms with Crippen molar-refractivity contribution in [1.82, 2.24) is 15.5 Å². The first-order valence-corrected chi connectivity index (χ1v) is 4.67. The van der Waals surface area contributed by atoms with Crippen molar-refractivity contribution in [2.24, 2.45) is 0 Å². The molecule has 1 aromatic heterocycles. The Labute approximate surface area is 80.9 Å². The molecule has 1 saturated heterocycles. The number of rotatable bonds is 3. The monoisotopic (exact) mass is 196 g/mol. The highest BCUT2D eigenvalue weighted by Gasteiger charge is 2.21. The van der Waals surface area contributed by atoms with E-state index in [0.717, 1.165) is 19.4 Å². The predicted molar refractivity (Wildman–Crippen MR) is 50.0 cm³/mol. The number of hydrogen-bond donors (Lipinski definition) is 2. The van der Waals surface area contributed by atoms with E-state index >= 15 is 0 Å². The molecule has 6 nitrogen and oxygen atoms in total. The summed E-state index contributed by atoms with van der Waals surface area (Å²) in [5.74, 6) is 0.0266. The standard InChI is InChI=1S/C8H12N4O2/c13-12(14)8-6(5-10-11-8)4-7-2-1-3-9-7/h5,7,9H,1-4H2,(H,10,11). The van der Waals surface area contributed by atoms with Crippen LogP contribution >= 0.6 is 0 Å². The average Bonchev–Trinajstić information content (AvgIpc) is 2.75. The molecule has 1 fully saturated rings. The number of aromatic amines is 1. The molecular formula is C8H12N4O2. The Morgan fingerprint density at radius 3 is 3.21 bits per heavy atom. The summed E-state index contributed by atoms with van der Waals surface area (Å²) in [6.07, 6.45) is 4.46. The van der Waals surface area contributed by atoms with E-state index in [1.165, 1.54) is 6.20 Å². The summed E-state index contributed by atoms with van der Waals surface area (Å²) < 4.78 is 0. The quantitative estimate of drug-likeness (QED) is 0.548. The van der Waals surface area contributed by atoms with Crippen molar-refractivity contribution in [2.75, 3.05) is 6.54 Å². The van der Waals surface area contributed by atoms with Crippen LogP contribution in [0.5, 0.6) is 0 Å². The van der Waals surface area contributed by atoms with Gasteiger partial charge in [-0.15, -0.1) is 5.10 Å². The zero-order valence-electron chi connectivity index (χ0n) is 7.69. The first-order valence-electron chi connectivity index (χ1n) is 4.67. The highest BCUT2D eigenvalue weighted by atomic mass is 16.6. The van der Waals surface area contributed by atoms with Crippen LogP contribution in [0.1, 0.15) is 18.4 Å². The lowest BCUT2D eigenvalue weighted by atomic mass is 10.1. The predicted octanol–water partition coefficient (Wildman–Crippen LogP) is 0.612. The van der Waals surface area contributed by atoms with Gasteiger partial charge < -0.3 is 15.4 Å². The van der Waals surface area contributed by atoms with Gasteiger partial charge >= 0.3 is 5.82 Å². The Hall–Kier alpha value is -1.43. The molecule has 0 amide bonds. The largest absolute Gasteiger partial charge is 0.358 e. The van der Waals surface area contributed by atoms with Gasteiger partial charge in [-0.05, 0) is 30.7 Å². The Morgan fingerprint density at radius 2 is 2.57 bits per heavy atom. The highest BCUT2D eigenvalue weighted by molar-refractivity contribution is 5.30. The SMILES string of the molecule is O=[N+]([O-])c1[nH]ncc1CC1CCCN1. The number of hydrogen-bond acceptors (Lipinski definition) is 4. The summed E-state index contributed by atoms with van der Waals surface area (Å²) in [5.41, 5.74) is 0.689. The van der Waals surface area contributed by atoms with Crippen LogP contribution in [-0.4, -0.2) is 27.7 Å². The van der Waals surface area contributed by atoms with Crippen LogP contribution in [0.2, 0.25) is 0 Å². The summed E-state index contributed by atoms with van der Waals surface area (Å²) in [6, 6.07) is 0.367. The van der Waals surface area contributed by atoms with E-state index in [1.54, 1.807) is 0 Å². The molecule has 76 valence electrons. The molecule has 1 aliphatic rings. The van der Waals surface area contributed by atoms with Gasteiger partial charge in [0.15, 0.2) is 0 Å². The van der Waals surface area contributed by atoms with E-state index in [-0.39, 0.29) is 5.82 Å². The van der Waals surface area contributed by atoms with E-state index in [0.29, 0.717) is 18.0 Å². The summed E-state index contributed by atoms with van der Waals surface area (Å²) >= 11 is 0. The highest BCUT2D eigenvalue weighted by Crippen LogP contribution is 2.18.